The molecule has 23 heavy (non-hydrogen) atoms. The number of hydrogen-bond donors (Lipinski definition) is 0. The van der Waals surface area contributed by atoms with Crippen LogP contribution in [-0.2, 0) is 12.6 Å². The molecule has 0 radical (unpaired) electrons. The van der Waals surface area contributed by atoms with E-state index < -0.39 is 12.0 Å². The van der Waals surface area contributed by atoms with E-state index in [1.165, 1.54) is 17.8 Å². The standard InChI is InChI=1S/C16H15F3N4/c17-16(18,19)15-22-12-8-14(23-15)21-10-4-9-20-11-7-13-5-2-1-3-6-13/h1-3,5-6,8-10,12H,4,7,11H2. The van der Waals surface area contributed by atoms with E-state index in [1.807, 2.05) is 30.3 Å². The molecule has 0 aliphatic rings. The fourth-order valence-corrected chi connectivity index (χ4v) is 1.76. The van der Waals surface area contributed by atoms with Crippen LogP contribution in [0.5, 0.6) is 0 Å². The maximum atomic E-state index is 12.4. The van der Waals surface area contributed by atoms with Crippen molar-refractivity contribution in [3.63, 3.8) is 0 Å². The molecule has 0 saturated carbocycles. The second kappa shape index (κ2) is 8.17. The molecule has 0 bridgehead atoms. The summed E-state index contributed by atoms with van der Waals surface area (Å²) in [6, 6.07) is 11.3. The molecule has 4 nitrogen and oxygen atoms in total. The largest absolute Gasteiger partial charge is 0.451 e. The molecule has 0 atom stereocenters. The van der Waals surface area contributed by atoms with Crippen LogP contribution in [0.3, 0.4) is 0 Å². The van der Waals surface area contributed by atoms with Crippen molar-refractivity contribution in [3.05, 3.63) is 54.0 Å². The third-order valence-corrected chi connectivity index (χ3v) is 2.83. The molecule has 1 heterocycles. The number of aliphatic imine (C=N–C) groups is 2. The summed E-state index contributed by atoms with van der Waals surface area (Å²) in [7, 11) is 0. The van der Waals surface area contributed by atoms with Gasteiger partial charge in [0.1, 0.15) is 0 Å². The molecule has 0 spiro atoms. The summed E-state index contributed by atoms with van der Waals surface area (Å²) in [6.45, 7) is 0.656. The van der Waals surface area contributed by atoms with Crippen LogP contribution >= 0.6 is 0 Å². The van der Waals surface area contributed by atoms with E-state index in [4.69, 9.17) is 0 Å². The highest BCUT2D eigenvalue weighted by molar-refractivity contribution is 5.80. The molecular formula is C16H15F3N4. The van der Waals surface area contributed by atoms with Gasteiger partial charge in [-0.05, 0) is 12.0 Å². The number of halogens is 3. The van der Waals surface area contributed by atoms with Gasteiger partial charge in [0.15, 0.2) is 5.82 Å². The monoisotopic (exact) mass is 320 g/mol. The van der Waals surface area contributed by atoms with Crippen LogP contribution in [0.1, 0.15) is 17.8 Å². The first-order valence-corrected chi connectivity index (χ1v) is 7.00. The predicted octanol–water partition coefficient (Wildman–Crippen LogP) is 3.90. The third kappa shape index (κ3) is 5.98. The Balaban J connectivity index is 1.77. The SMILES string of the molecule is FC(F)(F)c1nccc(N=CCC=NCCc2ccccc2)n1. The molecule has 0 aliphatic heterocycles. The molecule has 2 rings (SSSR count). The summed E-state index contributed by atoms with van der Waals surface area (Å²) in [5, 5.41) is 0. The van der Waals surface area contributed by atoms with Crippen molar-refractivity contribution < 1.29 is 13.2 Å². The van der Waals surface area contributed by atoms with Crippen LogP contribution < -0.4 is 0 Å². The molecule has 0 fully saturated rings. The Bertz CT molecular complexity index is 667. The van der Waals surface area contributed by atoms with Crippen LogP contribution in [0.4, 0.5) is 19.0 Å². The zero-order valence-corrected chi connectivity index (χ0v) is 12.2. The maximum absolute atomic E-state index is 12.4. The van der Waals surface area contributed by atoms with Crippen molar-refractivity contribution in [2.45, 2.75) is 19.0 Å². The lowest BCUT2D eigenvalue weighted by Gasteiger charge is -2.03. The summed E-state index contributed by atoms with van der Waals surface area (Å²) in [5.74, 6) is -1.21. The highest BCUT2D eigenvalue weighted by Gasteiger charge is 2.34. The van der Waals surface area contributed by atoms with Crippen LogP contribution in [0, 0.1) is 0 Å². The van der Waals surface area contributed by atoms with Gasteiger partial charge in [-0.15, -0.1) is 0 Å². The lowest BCUT2D eigenvalue weighted by molar-refractivity contribution is -0.144. The summed E-state index contributed by atoms with van der Waals surface area (Å²) in [5.41, 5.74) is 1.21. The van der Waals surface area contributed by atoms with Crippen LogP contribution in [0.25, 0.3) is 0 Å². The van der Waals surface area contributed by atoms with Gasteiger partial charge in [0.05, 0.1) is 0 Å². The molecule has 0 unspecified atom stereocenters. The van der Waals surface area contributed by atoms with Gasteiger partial charge in [-0.3, -0.25) is 4.99 Å². The first-order valence-electron chi connectivity index (χ1n) is 7.00. The van der Waals surface area contributed by atoms with E-state index >= 15 is 0 Å². The highest BCUT2D eigenvalue weighted by Crippen LogP contribution is 2.26. The van der Waals surface area contributed by atoms with E-state index in [-0.39, 0.29) is 5.82 Å². The topological polar surface area (TPSA) is 50.5 Å². The smallest absolute Gasteiger partial charge is 0.297 e. The highest BCUT2D eigenvalue weighted by atomic mass is 19.4. The average Bonchev–Trinajstić information content (AvgIpc) is 2.54. The zero-order chi connectivity index (χ0) is 16.5. The van der Waals surface area contributed by atoms with Gasteiger partial charge in [-0.25, -0.2) is 15.0 Å². The van der Waals surface area contributed by atoms with Gasteiger partial charge < -0.3 is 0 Å². The Morgan fingerprint density at radius 1 is 1.04 bits per heavy atom. The molecule has 0 amide bonds. The summed E-state index contributed by atoms with van der Waals surface area (Å²) >= 11 is 0. The van der Waals surface area contributed by atoms with Gasteiger partial charge in [-0.1, -0.05) is 30.3 Å². The third-order valence-electron chi connectivity index (χ3n) is 2.83. The van der Waals surface area contributed by atoms with Gasteiger partial charge in [-0.2, -0.15) is 13.2 Å². The van der Waals surface area contributed by atoms with Crippen molar-refractivity contribution in [2.75, 3.05) is 6.54 Å². The fourth-order valence-electron chi connectivity index (χ4n) is 1.76. The van der Waals surface area contributed by atoms with E-state index in [1.54, 1.807) is 6.21 Å². The first-order chi connectivity index (χ1) is 11.1. The Kier molecular flexibility index (Phi) is 5.96. The molecule has 0 aliphatic carbocycles. The number of aromatic nitrogens is 2. The quantitative estimate of drug-likeness (QED) is 0.758. The number of benzene rings is 1. The van der Waals surface area contributed by atoms with E-state index in [9.17, 15) is 13.2 Å². The van der Waals surface area contributed by atoms with Gasteiger partial charge in [0.2, 0.25) is 5.82 Å². The van der Waals surface area contributed by atoms with Crippen molar-refractivity contribution in [1.29, 1.82) is 0 Å². The second-order valence-electron chi connectivity index (χ2n) is 4.61. The van der Waals surface area contributed by atoms with Crippen LogP contribution in [0.15, 0.2) is 52.6 Å². The minimum absolute atomic E-state index is 0.0231. The van der Waals surface area contributed by atoms with E-state index in [0.717, 1.165) is 12.6 Å². The number of rotatable bonds is 6. The summed E-state index contributed by atoms with van der Waals surface area (Å²) in [6.07, 6.45) is 0.892. The fraction of sp³-hybridized carbons (Fsp3) is 0.250. The minimum Gasteiger partial charge on any atom is -0.297 e. The molecular weight excluding hydrogens is 305 g/mol. The van der Waals surface area contributed by atoms with Gasteiger partial charge in [0.25, 0.3) is 0 Å². The number of hydrogen-bond acceptors (Lipinski definition) is 4. The molecule has 1 aromatic heterocycles. The normalized spacial score (nSPS) is 12.3. The Labute approximate surface area is 131 Å². The van der Waals surface area contributed by atoms with Gasteiger partial charge >= 0.3 is 6.18 Å². The number of alkyl halides is 3. The van der Waals surface area contributed by atoms with Crippen LogP contribution in [-0.4, -0.2) is 28.9 Å². The first kappa shape index (κ1) is 16.8. The Morgan fingerprint density at radius 3 is 2.57 bits per heavy atom. The Hall–Kier alpha value is -2.57. The molecule has 0 N–H and O–H groups in total. The number of nitrogens with zero attached hydrogens (tertiary/aromatic N) is 4. The second-order valence-corrected chi connectivity index (χ2v) is 4.61. The summed E-state index contributed by atoms with van der Waals surface area (Å²) < 4.78 is 37.3. The average molecular weight is 320 g/mol. The summed E-state index contributed by atoms with van der Waals surface area (Å²) in [4.78, 5) is 14.6. The van der Waals surface area contributed by atoms with Crippen molar-refractivity contribution >= 4 is 18.2 Å². The van der Waals surface area contributed by atoms with Crippen LogP contribution in [0.2, 0.25) is 0 Å². The predicted molar refractivity (Wildman–Crippen MR) is 83.3 cm³/mol. The molecule has 7 heteroatoms. The lowest BCUT2D eigenvalue weighted by atomic mass is 10.2. The van der Waals surface area contributed by atoms with Crippen molar-refractivity contribution in [1.82, 2.24) is 9.97 Å². The van der Waals surface area contributed by atoms with Gasteiger partial charge in [0, 0.05) is 37.7 Å². The van der Waals surface area contributed by atoms with E-state index in [2.05, 4.69) is 20.0 Å². The van der Waals surface area contributed by atoms with Crippen molar-refractivity contribution in [3.8, 4) is 0 Å². The molecule has 0 saturated heterocycles. The molecule has 1 aromatic carbocycles. The van der Waals surface area contributed by atoms with E-state index in [0.29, 0.717) is 13.0 Å². The lowest BCUT2D eigenvalue weighted by Crippen LogP contribution is -2.10. The zero-order valence-electron chi connectivity index (χ0n) is 12.2. The maximum Gasteiger partial charge on any atom is 0.451 e. The molecule has 120 valence electrons. The molecule has 2 aromatic rings. The Morgan fingerprint density at radius 2 is 1.83 bits per heavy atom. The minimum atomic E-state index is -4.57. The van der Waals surface area contributed by atoms with Crippen molar-refractivity contribution in [2.24, 2.45) is 9.98 Å².